The monoisotopic (exact) mass is 483 g/mol. The lowest BCUT2D eigenvalue weighted by Crippen LogP contribution is -2.34. The molecule has 0 aliphatic rings. The normalized spacial score (nSPS) is 10.6. The standard InChI is InChI=1S/C24H19Cl2N3O4/c1-15-3-2-4-18(11-15)24(32)33-19-8-5-16(6-9-19)13-28-29-22(30)14-27-23(31)17-7-10-20(25)21(26)12-17/h2-13H,14H2,1H3,(H,27,31)(H,29,30)/b28-13+. The third-order valence-electron chi connectivity index (χ3n) is 4.34. The number of carbonyl (C=O) groups is 3. The minimum Gasteiger partial charge on any atom is -0.423 e. The minimum absolute atomic E-state index is 0.245. The van der Waals surface area contributed by atoms with Crippen LogP contribution < -0.4 is 15.5 Å². The second-order valence-electron chi connectivity index (χ2n) is 6.93. The van der Waals surface area contributed by atoms with Crippen molar-refractivity contribution in [3.63, 3.8) is 0 Å². The Labute approximate surface area is 200 Å². The summed E-state index contributed by atoms with van der Waals surface area (Å²) in [4.78, 5) is 36.1. The number of nitrogens with one attached hydrogen (secondary N) is 2. The summed E-state index contributed by atoms with van der Waals surface area (Å²) in [6.07, 6.45) is 1.42. The summed E-state index contributed by atoms with van der Waals surface area (Å²) in [6, 6.07) is 18.1. The SMILES string of the molecule is Cc1cccc(C(=O)Oc2ccc(/C=N/NC(=O)CNC(=O)c3ccc(Cl)c(Cl)c3)cc2)c1. The van der Waals surface area contributed by atoms with E-state index >= 15 is 0 Å². The van der Waals surface area contributed by atoms with Crippen molar-refractivity contribution in [3.8, 4) is 5.75 Å². The summed E-state index contributed by atoms with van der Waals surface area (Å²) < 4.78 is 5.35. The van der Waals surface area contributed by atoms with Crippen LogP contribution in [0.3, 0.4) is 0 Å². The van der Waals surface area contributed by atoms with Crippen LogP contribution in [0.4, 0.5) is 0 Å². The number of esters is 1. The highest BCUT2D eigenvalue weighted by atomic mass is 35.5. The molecule has 0 heterocycles. The van der Waals surface area contributed by atoms with Crippen LogP contribution in [0.2, 0.25) is 10.0 Å². The van der Waals surface area contributed by atoms with Crippen molar-refractivity contribution in [3.05, 3.63) is 99.0 Å². The van der Waals surface area contributed by atoms with E-state index in [2.05, 4.69) is 15.8 Å². The molecule has 3 rings (SSSR count). The fourth-order valence-corrected chi connectivity index (χ4v) is 2.98. The summed E-state index contributed by atoms with van der Waals surface area (Å²) in [6.45, 7) is 1.62. The fourth-order valence-electron chi connectivity index (χ4n) is 2.68. The van der Waals surface area contributed by atoms with Crippen molar-refractivity contribution < 1.29 is 19.1 Å². The van der Waals surface area contributed by atoms with Gasteiger partial charge in [-0.05, 0) is 67.1 Å². The van der Waals surface area contributed by atoms with Crippen LogP contribution in [0.1, 0.15) is 31.8 Å². The Hall–Kier alpha value is -3.68. The first-order chi connectivity index (χ1) is 15.8. The van der Waals surface area contributed by atoms with Gasteiger partial charge in [0.1, 0.15) is 5.75 Å². The van der Waals surface area contributed by atoms with Gasteiger partial charge in [-0.15, -0.1) is 0 Å². The van der Waals surface area contributed by atoms with Gasteiger partial charge in [0.15, 0.2) is 0 Å². The number of halogens is 2. The molecule has 7 nitrogen and oxygen atoms in total. The first-order valence-electron chi connectivity index (χ1n) is 9.76. The molecule has 33 heavy (non-hydrogen) atoms. The number of benzene rings is 3. The van der Waals surface area contributed by atoms with E-state index in [1.165, 1.54) is 24.4 Å². The van der Waals surface area contributed by atoms with Crippen LogP contribution in [-0.2, 0) is 4.79 Å². The van der Waals surface area contributed by atoms with E-state index in [1.54, 1.807) is 42.5 Å². The lowest BCUT2D eigenvalue weighted by atomic mass is 10.1. The second-order valence-corrected chi connectivity index (χ2v) is 7.75. The number of ether oxygens (including phenoxy) is 1. The van der Waals surface area contributed by atoms with Gasteiger partial charge in [-0.1, -0.05) is 40.9 Å². The molecule has 0 bridgehead atoms. The van der Waals surface area contributed by atoms with E-state index in [0.29, 0.717) is 21.9 Å². The Kier molecular flexibility index (Phi) is 8.18. The number of amides is 2. The number of carbonyl (C=O) groups excluding carboxylic acids is 3. The molecule has 0 aromatic heterocycles. The molecule has 2 N–H and O–H groups in total. The molecular weight excluding hydrogens is 465 g/mol. The summed E-state index contributed by atoms with van der Waals surface area (Å²) in [5, 5.41) is 6.88. The number of hydrogen-bond donors (Lipinski definition) is 2. The molecule has 0 saturated carbocycles. The molecule has 2 amide bonds. The molecule has 0 spiro atoms. The van der Waals surface area contributed by atoms with Crippen molar-refractivity contribution in [2.75, 3.05) is 6.54 Å². The Bertz CT molecular complexity index is 1210. The van der Waals surface area contributed by atoms with Gasteiger partial charge < -0.3 is 10.1 Å². The quantitative estimate of drug-likeness (QED) is 0.225. The Morgan fingerprint density at radius 2 is 1.70 bits per heavy atom. The lowest BCUT2D eigenvalue weighted by molar-refractivity contribution is -0.120. The fraction of sp³-hybridized carbons (Fsp3) is 0.0833. The molecule has 0 atom stereocenters. The van der Waals surface area contributed by atoms with Crippen LogP contribution in [0.25, 0.3) is 0 Å². The Balaban J connectivity index is 1.45. The maximum Gasteiger partial charge on any atom is 0.343 e. The molecular formula is C24H19Cl2N3O4. The van der Waals surface area contributed by atoms with Crippen LogP contribution in [0.5, 0.6) is 5.75 Å². The zero-order valence-electron chi connectivity index (χ0n) is 17.5. The molecule has 9 heteroatoms. The van der Waals surface area contributed by atoms with E-state index in [4.69, 9.17) is 27.9 Å². The van der Waals surface area contributed by atoms with Gasteiger partial charge >= 0.3 is 5.97 Å². The van der Waals surface area contributed by atoms with Gasteiger partial charge in [0.05, 0.1) is 28.4 Å². The predicted molar refractivity (Wildman–Crippen MR) is 127 cm³/mol. The van der Waals surface area contributed by atoms with Gasteiger partial charge in [-0.3, -0.25) is 9.59 Å². The zero-order chi connectivity index (χ0) is 23.8. The van der Waals surface area contributed by atoms with E-state index in [1.807, 2.05) is 13.0 Å². The summed E-state index contributed by atoms with van der Waals surface area (Å²) in [7, 11) is 0. The molecule has 0 fully saturated rings. The number of hydrogen-bond acceptors (Lipinski definition) is 5. The second kappa shape index (κ2) is 11.3. The molecule has 168 valence electrons. The molecule has 3 aromatic carbocycles. The smallest absolute Gasteiger partial charge is 0.343 e. The maximum atomic E-state index is 12.2. The zero-order valence-corrected chi connectivity index (χ0v) is 19.0. The third-order valence-corrected chi connectivity index (χ3v) is 5.08. The number of hydrazone groups is 1. The maximum absolute atomic E-state index is 12.2. The number of nitrogens with zero attached hydrogens (tertiary/aromatic N) is 1. The highest BCUT2D eigenvalue weighted by molar-refractivity contribution is 6.42. The van der Waals surface area contributed by atoms with E-state index in [0.717, 1.165) is 5.56 Å². The number of aryl methyl sites for hydroxylation is 1. The predicted octanol–water partition coefficient (Wildman–Crippen LogP) is 4.40. The topological polar surface area (TPSA) is 96.9 Å². The first kappa shape index (κ1) is 24.0. The average Bonchev–Trinajstić information content (AvgIpc) is 2.80. The van der Waals surface area contributed by atoms with E-state index < -0.39 is 17.8 Å². The Morgan fingerprint density at radius 1 is 0.939 bits per heavy atom. The van der Waals surface area contributed by atoms with Crippen molar-refractivity contribution >= 4 is 47.2 Å². The van der Waals surface area contributed by atoms with Crippen LogP contribution >= 0.6 is 23.2 Å². The highest BCUT2D eigenvalue weighted by Gasteiger charge is 2.10. The lowest BCUT2D eigenvalue weighted by Gasteiger charge is -2.06. The van der Waals surface area contributed by atoms with Gasteiger partial charge in [-0.2, -0.15) is 5.10 Å². The summed E-state index contributed by atoms with van der Waals surface area (Å²) in [5.74, 6) is -1.05. The largest absolute Gasteiger partial charge is 0.423 e. The van der Waals surface area contributed by atoms with Crippen molar-refractivity contribution in [2.45, 2.75) is 6.92 Å². The Morgan fingerprint density at radius 3 is 2.39 bits per heavy atom. The summed E-state index contributed by atoms with van der Waals surface area (Å²) >= 11 is 11.7. The van der Waals surface area contributed by atoms with Crippen LogP contribution in [-0.4, -0.2) is 30.5 Å². The average molecular weight is 484 g/mol. The number of rotatable bonds is 7. The van der Waals surface area contributed by atoms with Gasteiger partial charge in [-0.25, -0.2) is 10.2 Å². The third kappa shape index (κ3) is 7.17. The molecule has 3 aromatic rings. The first-order valence-corrected chi connectivity index (χ1v) is 10.5. The van der Waals surface area contributed by atoms with E-state index in [9.17, 15) is 14.4 Å². The van der Waals surface area contributed by atoms with Crippen molar-refractivity contribution in [1.29, 1.82) is 0 Å². The van der Waals surface area contributed by atoms with Crippen molar-refractivity contribution in [2.24, 2.45) is 5.10 Å². The molecule has 0 aliphatic carbocycles. The summed E-state index contributed by atoms with van der Waals surface area (Å²) in [5.41, 5.74) is 4.70. The van der Waals surface area contributed by atoms with Crippen molar-refractivity contribution in [1.82, 2.24) is 10.7 Å². The van der Waals surface area contributed by atoms with Crippen LogP contribution in [0.15, 0.2) is 71.8 Å². The van der Waals surface area contributed by atoms with Gasteiger partial charge in [0.2, 0.25) is 0 Å². The van der Waals surface area contributed by atoms with Crippen LogP contribution in [0, 0.1) is 6.92 Å². The highest BCUT2D eigenvalue weighted by Crippen LogP contribution is 2.22. The molecule has 0 radical (unpaired) electrons. The molecule has 0 aliphatic heterocycles. The molecule has 0 saturated heterocycles. The van der Waals surface area contributed by atoms with Gasteiger partial charge in [0.25, 0.3) is 11.8 Å². The minimum atomic E-state index is -0.511. The van der Waals surface area contributed by atoms with E-state index in [-0.39, 0.29) is 17.1 Å². The van der Waals surface area contributed by atoms with Gasteiger partial charge in [0, 0.05) is 5.56 Å². The molecule has 0 unspecified atom stereocenters.